The third-order valence-electron chi connectivity index (χ3n) is 3.17. The van der Waals surface area contributed by atoms with Crippen molar-refractivity contribution in [2.45, 2.75) is 4.90 Å². The smallest absolute Gasteiger partial charge is 0.297 e. The van der Waals surface area contributed by atoms with Crippen molar-refractivity contribution in [1.82, 2.24) is 0 Å². The molecule has 0 radical (unpaired) electrons. The fourth-order valence-electron chi connectivity index (χ4n) is 1.87. The van der Waals surface area contributed by atoms with Crippen molar-refractivity contribution < 1.29 is 36.3 Å². The van der Waals surface area contributed by atoms with Crippen LogP contribution in [-0.4, -0.2) is 81.1 Å². The highest BCUT2D eigenvalue weighted by atomic mass is 32.2. The Morgan fingerprint density at radius 3 is 1.57 bits per heavy atom. The molecule has 1 aromatic rings. The summed E-state index contributed by atoms with van der Waals surface area (Å²) in [6, 6.07) is 7.97. The van der Waals surface area contributed by atoms with Gasteiger partial charge in [0.25, 0.3) is 10.1 Å². The van der Waals surface area contributed by atoms with Gasteiger partial charge in [-0.3, -0.25) is 4.18 Å². The Bertz CT molecular complexity index is 627. The summed E-state index contributed by atoms with van der Waals surface area (Å²) in [5.41, 5.74) is 0. The standard InChI is InChI=1S/C19H28O8S/c1-2-8-22-9-10-23-11-12-24-13-14-25-15-16-26-17-18-27-28(20,21)19-6-4-3-5-7-19/h1,3-7H,8-18H2. The van der Waals surface area contributed by atoms with Crippen LogP contribution in [0.4, 0.5) is 0 Å². The molecule has 158 valence electrons. The van der Waals surface area contributed by atoms with Gasteiger partial charge in [0.2, 0.25) is 0 Å². The molecule has 0 saturated heterocycles. The number of benzene rings is 1. The highest BCUT2D eigenvalue weighted by Gasteiger charge is 2.13. The molecule has 9 heteroatoms. The second-order valence-corrected chi connectivity index (χ2v) is 6.91. The molecule has 0 fully saturated rings. The Hall–Kier alpha value is -1.51. The summed E-state index contributed by atoms with van der Waals surface area (Å²) in [7, 11) is -3.73. The van der Waals surface area contributed by atoms with E-state index in [-0.39, 0.29) is 18.1 Å². The van der Waals surface area contributed by atoms with Gasteiger partial charge in [-0.25, -0.2) is 0 Å². The van der Waals surface area contributed by atoms with Gasteiger partial charge < -0.3 is 23.7 Å². The van der Waals surface area contributed by atoms with E-state index in [2.05, 4.69) is 5.92 Å². The number of ether oxygens (including phenoxy) is 5. The van der Waals surface area contributed by atoms with Crippen molar-refractivity contribution >= 4 is 10.1 Å². The van der Waals surface area contributed by atoms with E-state index in [1.54, 1.807) is 18.2 Å². The first kappa shape index (κ1) is 24.5. The summed E-state index contributed by atoms with van der Waals surface area (Å²) < 4.78 is 54.9. The molecule has 1 aromatic carbocycles. The first-order valence-corrected chi connectivity index (χ1v) is 10.3. The van der Waals surface area contributed by atoms with E-state index in [1.165, 1.54) is 12.1 Å². The molecule has 0 heterocycles. The quantitative estimate of drug-likeness (QED) is 0.200. The Labute approximate surface area is 167 Å². The highest BCUT2D eigenvalue weighted by Crippen LogP contribution is 2.10. The molecule has 0 aromatic heterocycles. The van der Waals surface area contributed by atoms with Crippen LogP contribution in [0.2, 0.25) is 0 Å². The summed E-state index contributed by atoms with van der Waals surface area (Å²) in [5.74, 6) is 2.37. The minimum Gasteiger partial charge on any atom is -0.377 e. The lowest BCUT2D eigenvalue weighted by Gasteiger charge is -2.08. The lowest BCUT2D eigenvalue weighted by atomic mass is 10.4. The zero-order valence-corrected chi connectivity index (χ0v) is 16.7. The molecule has 0 unspecified atom stereocenters. The van der Waals surface area contributed by atoms with Gasteiger partial charge in [-0.05, 0) is 12.1 Å². The molecule has 0 saturated carbocycles. The largest absolute Gasteiger partial charge is 0.377 e. The third-order valence-corrected chi connectivity index (χ3v) is 4.50. The molecule has 0 amide bonds. The molecule has 28 heavy (non-hydrogen) atoms. The summed E-state index contributed by atoms with van der Waals surface area (Å²) in [6.45, 7) is 3.93. The van der Waals surface area contributed by atoms with Crippen LogP contribution in [0, 0.1) is 12.3 Å². The molecule has 0 bridgehead atoms. The van der Waals surface area contributed by atoms with Gasteiger partial charge in [-0.1, -0.05) is 24.1 Å². The van der Waals surface area contributed by atoms with E-state index >= 15 is 0 Å². The summed E-state index contributed by atoms with van der Waals surface area (Å²) in [4.78, 5) is 0.126. The monoisotopic (exact) mass is 416 g/mol. The Balaban J connectivity index is 1.83. The zero-order valence-electron chi connectivity index (χ0n) is 15.9. The van der Waals surface area contributed by atoms with E-state index in [0.717, 1.165) is 0 Å². The van der Waals surface area contributed by atoms with Crippen molar-refractivity contribution in [3.8, 4) is 12.3 Å². The number of hydrogen-bond donors (Lipinski definition) is 0. The first-order valence-electron chi connectivity index (χ1n) is 8.93. The number of hydrogen-bond acceptors (Lipinski definition) is 8. The van der Waals surface area contributed by atoms with Crippen molar-refractivity contribution in [3.05, 3.63) is 30.3 Å². The molecule has 0 atom stereocenters. The van der Waals surface area contributed by atoms with Crippen LogP contribution in [-0.2, 0) is 38.0 Å². The van der Waals surface area contributed by atoms with Crippen LogP contribution in [0.3, 0.4) is 0 Å². The number of terminal acetylenes is 1. The van der Waals surface area contributed by atoms with E-state index in [0.29, 0.717) is 59.5 Å². The molecule has 0 aliphatic heterocycles. The maximum absolute atomic E-state index is 11.9. The zero-order chi connectivity index (χ0) is 20.3. The van der Waals surface area contributed by atoms with E-state index < -0.39 is 10.1 Å². The molecular weight excluding hydrogens is 388 g/mol. The molecule has 0 spiro atoms. The Morgan fingerprint density at radius 1 is 0.679 bits per heavy atom. The van der Waals surface area contributed by atoms with Crippen molar-refractivity contribution in [3.63, 3.8) is 0 Å². The normalized spacial score (nSPS) is 11.4. The summed E-state index contributed by atoms with van der Waals surface area (Å²) in [5, 5.41) is 0. The number of rotatable bonds is 18. The van der Waals surface area contributed by atoms with E-state index in [4.69, 9.17) is 34.3 Å². The van der Waals surface area contributed by atoms with Crippen LogP contribution in [0.15, 0.2) is 35.2 Å². The van der Waals surface area contributed by atoms with Crippen LogP contribution in [0.5, 0.6) is 0 Å². The van der Waals surface area contributed by atoms with Crippen LogP contribution in [0.25, 0.3) is 0 Å². The SMILES string of the molecule is C#CCOCCOCCOCCOCCOCCOS(=O)(=O)c1ccccc1. The first-order chi connectivity index (χ1) is 13.7. The van der Waals surface area contributed by atoms with E-state index in [9.17, 15) is 8.42 Å². The van der Waals surface area contributed by atoms with Gasteiger partial charge in [0.05, 0.1) is 71.0 Å². The fraction of sp³-hybridized carbons (Fsp3) is 0.579. The molecular formula is C19H28O8S. The maximum Gasteiger partial charge on any atom is 0.297 e. The van der Waals surface area contributed by atoms with Gasteiger partial charge in [0, 0.05) is 0 Å². The van der Waals surface area contributed by atoms with E-state index in [1.807, 2.05) is 0 Å². The molecule has 1 rings (SSSR count). The van der Waals surface area contributed by atoms with Gasteiger partial charge in [-0.2, -0.15) is 8.42 Å². The van der Waals surface area contributed by atoms with Gasteiger partial charge in [-0.15, -0.1) is 6.42 Å². The van der Waals surface area contributed by atoms with Crippen LogP contribution < -0.4 is 0 Å². The molecule has 0 aliphatic carbocycles. The lowest BCUT2D eigenvalue weighted by molar-refractivity contribution is -0.0109. The Morgan fingerprint density at radius 2 is 1.11 bits per heavy atom. The van der Waals surface area contributed by atoms with Gasteiger partial charge in [0.1, 0.15) is 6.61 Å². The maximum atomic E-state index is 11.9. The minimum atomic E-state index is -3.73. The predicted molar refractivity (Wildman–Crippen MR) is 103 cm³/mol. The summed E-state index contributed by atoms with van der Waals surface area (Å²) in [6.07, 6.45) is 5.04. The highest BCUT2D eigenvalue weighted by molar-refractivity contribution is 7.86. The second-order valence-electron chi connectivity index (χ2n) is 5.30. The predicted octanol–water partition coefficient (Wildman–Crippen LogP) is 1.11. The second kappa shape index (κ2) is 16.4. The van der Waals surface area contributed by atoms with Crippen molar-refractivity contribution in [1.29, 1.82) is 0 Å². The van der Waals surface area contributed by atoms with Gasteiger partial charge in [0.15, 0.2) is 0 Å². The fourth-order valence-corrected chi connectivity index (χ4v) is 2.78. The van der Waals surface area contributed by atoms with Crippen molar-refractivity contribution in [2.24, 2.45) is 0 Å². The average Bonchev–Trinajstić information content (AvgIpc) is 2.71. The van der Waals surface area contributed by atoms with Crippen LogP contribution in [0.1, 0.15) is 0 Å². The average molecular weight is 416 g/mol. The summed E-state index contributed by atoms with van der Waals surface area (Å²) >= 11 is 0. The minimum absolute atomic E-state index is 0.0475. The third kappa shape index (κ3) is 12.8. The molecule has 0 N–H and O–H groups in total. The Kier molecular flexibility index (Phi) is 14.4. The van der Waals surface area contributed by atoms with Crippen LogP contribution >= 0.6 is 0 Å². The van der Waals surface area contributed by atoms with Crippen molar-refractivity contribution in [2.75, 3.05) is 72.7 Å². The molecule has 8 nitrogen and oxygen atoms in total. The van der Waals surface area contributed by atoms with Gasteiger partial charge >= 0.3 is 0 Å². The lowest BCUT2D eigenvalue weighted by Crippen LogP contribution is -2.15. The molecule has 0 aliphatic rings. The topological polar surface area (TPSA) is 89.5 Å².